The van der Waals surface area contributed by atoms with Crippen molar-refractivity contribution in [2.24, 2.45) is 5.73 Å². The zero-order chi connectivity index (χ0) is 12.5. The smallest absolute Gasteiger partial charge is 0.239 e. The first-order valence-electron chi connectivity index (χ1n) is 5.90. The molecule has 1 aliphatic rings. The number of sulfonamides is 1. The van der Waals surface area contributed by atoms with E-state index in [2.05, 4.69) is 6.92 Å². The van der Waals surface area contributed by atoms with Gasteiger partial charge in [0.05, 0.1) is 10.9 Å². The number of nitrogens with zero attached hydrogens (tertiary/aromatic N) is 1. The van der Waals surface area contributed by atoms with E-state index in [-0.39, 0.29) is 6.54 Å². The van der Waals surface area contributed by atoms with E-state index in [0.717, 1.165) is 12.1 Å². The standard InChI is InChI=1S/C12H18N2O2S/c1-2-10-3-5-11(6-4-10)14-8-7-12(9-13)17(14,15)16/h3-6,12H,2,7-9,13H2,1H3/t12-/m1/s1. The number of hydrogen-bond donors (Lipinski definition) is 1. The third kappa shape index (κ3) is 2.17. The topological polar surface area (TPSA) is 63.4 Å². The van der Waals surface area contributed by atoms with Crippen LogP contribution in [0.15, 0.2) is 24.3 Å². The van der Waals surface area contributed by atoms with E-state index in [4.69, 9.17) is 5.73 Å². The molecule has 5 heteroatoms. The van der Waals surface area contributed by atoms with Gasteiger partial charge in [0.2, 0.25) is 10.0 Å². The van der Waals surface area contributed by atoms with Gasteiger partial charge >= 0.3 is 0 Å². The van der Waals surface area contributed by atoms with Gasteiger partial charge in [0, 0.05) is 13.1 Å². The second-order valence-corrected chi connectivity index (χ2v) is 6.42. The minimum absolute atomic E-state index is 0.200. The first-order valence-corrected chi connectivity index (χ1v) is 7.40. The molecular weight excluding hydrogens is 236 g/mol. The molecule has 0 radical (unpaired) electrons. The molecule has 1 fully saturated rings. The summed E-state index contributed by atoms with van der Waals surface area (Å²) in [6.45, 7) is 2.81. The lowest BCUT2D eigenvalue weighted by molar-refractivity contribution is 0.588. The van der Waals surface area contributed by atoms with Gasteiger partial charge in [0.1, 0.15) is 0 Å². The molecule has 0 aliphatic carbocycles. The largest absolute Gasteiger partial charge is 0.329 e. The van der Waals surface area contributed by atoms with Crippen LogP contribution in [-0.2, 0) is 16.4 Å². The van der Waals surface area contributed by atoms with Gasteiger partial charge in [-0.2, -0.15) is 0 Å². The van der Waals surface area contributed by atoms with E-state index in [1.807, 2.05) is 24.3 Å². The SMILES string of the molecule is CCc1ccc(N2CC[C@H](CN)S2(=O)=O)cc1. The molecule has 1 aliphatic heterocycles. The minimum Gasteiger partial charge on any atom is -0.329 e. The first-order chi connectivity index (χ1) is 8.09. The molecule has 0 unspecified atom stereocenters. The number of benzene rings is 1. The number of hydrogen-bond acceptors (Lipinski definition) is 3. The summed E-state index contributed by atoms with van der Waals surface area (Å²) in [6, 6.07) is 7.69. The summed E-state index contributed by atoms with van der Waals surface area (Å²) in [5.74, 6) is 0. The molecule has 1 aromatic rings. The van der Waals surface area contributed by atoms with Gasteiger partial charge in [0.15, 0.2) is 0 Å². The monoisotopic (exact) mass is 254 g/mol. The van der Waals surface area contributed by atoms with Gasteiger partial charge in [-0.3, -0.25) is 4.31 Å². The molecule has 94 valence electrons. The van der Waals surface area contributed by atoms with E-state index < -0.39 is 15.3 Å². The van der Waals surface area contributed by atoms with Crippen LogP contribution in [0.25, 0.3) is 0 Å². The Kier molecular flexibility index (Phi) is 3.40. The van der Waals surface area contributed by atoms with Gasteiger partial charge in [-0.25, -0.2) is 8.42 Å². The van der Waals surface area contributed by atoms with Crippen molar-refractivity contribution >= 4 is 15.7 Å². The molecule has 1 atom stereocenters. The third-order valence-electron chi connectivity index (χ3n) is 3.28. The average molecular weight is 254 g/mol. The van der Waals surface area contributed by atoms with Gasteiger partial charge in [0.25, 0.3) is 0 Å². The molecule has 2 rings (SSSR count). The van der Waals surface area contributed by atoms with Crippen LogP contribution in [0.3, 0.4) is 0 Å². The fraction of sp³-hybridized carbons (Fsp3) is 0.500. The molecule has 0 spiro atoms. The molecule has 1 aromatic carbocycles. The van der Waals surface area contributed by atoms with E-state index >= 15 is 0 Å². The molecule has 0 aromatic heterocycles. The van der Waals surface area contributed by atoms with Crippen LogP contribution in [0.5, 0.6) is 0 Å². The second kappa shape index (κ2) is 4.66. The Hall–Kier alpha value is -1.07. The molecule has 2 N–H and O–H groups in total. The highest BCUT2D eigenvalue weighted by atomic mass is 32.2. The van der Waals surface area contributed by atoms with Crippen molar-refractivity contribution in [1.29, 1.82) is 0 Å². The summed E-state index contributed by atoms with van der Waals surface area (Å²) in [6.07, 6.45) is 1.58. The Morgan fingerprint density at radius 3 is 2.47 bits per heavy atom. The lowest BCUT2D eigenvalue weighted by atomic mass is 10.1. The Morgan fingerprint density at radius 1 is 1.35 bits per heavy atom. The van der Waals surface area contributed by atoms with Crippen LogP contribution in [0.1, 0.15) is 18.9 Å². The van der Waals surface area contributed by atoms with E-state index in [1.165, 1.54) is 9.87 Å². The molecule has 1 saturated heterocycles. The van der Waals surface area contributed by atoms with Crippen molar-refractivity contribution in [2.45, 2.75) is 25.0 Å². The number of aryl methyl sites for hydroxylation is 1. The van der Waals surface area contributed by atoms with Crippen molar-refractivity contribution in [3.8, 4) is 0 Å². The molecular formula is C12H18N2O2S. The second-order valence-electron chi connectivity index (χ2n) is 4.28. The summed E-state index contributed by atoms with van der Waals surface area (Å²) in [7, 11) is -3.24. The lowest BCUT2D eigenvalue weighted by Crippen LogP contribution is -2.33. The molecule has 0 bridgehead atoms. The van der Waals surface area contributed by atoms with Crippen LogP contribution in [0.4, 0.5) is 5.69 Å². The molecule has 4 nitrogen and oxygen atoms in total. The van der Waals surface area contributed by atoms with E-state index in [1.54, 1.807) is 0 Å². The zero-order valence-corrected chi connectivity index (χ0v) is 10.8. The van der Waals surface area contributed by atoms with Crippen LogP contribution < -0.4 is 10.0 Å². The Balaban J connectivity index is 2.29. The van der Waals surface area contributed by atoms with Gasteiger partial charge in [-0.1, -0.05) is 19.1 Å². The summed E-state index contributed by atoms with van der Waals surface area (Å²) in [5, 5.41) is -0.423. The number of rotatable bonds is 3. The third-order valence-corrected chi connectivity index (χ3v) is 5.56. The van der Waals surface area contributed by atoms with Crippen LogP contribution in [-0.4, -0.2) is 26.8 Å². The van der Waals surface area contributed by atoms with Gasteiger partial charge in [-0.15, -0.1) is 0 Å². The highest BCUT2D eigenvalue weighted by molar-refractivity contribution is 7.93. The first kappa shape index (κ1) is 12.4. The fourth-order valence-electron chi connectivity index (χ4n) is 2.13. The predicted molar refractivity (Wildman–Crippen MR) is 69.5 cm³/mol. The van der Waals surface area contributed by atoms with Crippen molar-refractivity contribution in [3.05, 3.63) is 29.8 Å². The lowest BCUT2D eigenvalue weighted by Gasteiger charge is -2.18. The van der Waals surface area contributed by atoms with Crippen molar-refractivity contribution in [3.63, 3.8) is 0 Å². The molecule has 0 saturated carbocycles. The molecule has 17 heavy (non-hydrogen) atoms. The summed E-state index contributed by atoms with van der Waals surface area (Å²) in [5.41, 5.74) is 7.45. The summed E-state index contributed by atoms with van der Waals surface area (Å²) >= 11 is 0. The van der Waals surface area contributed by atoms with Crippen molar-refractivity contribution in [1.82, 2.24) is 0 Å². The van der Waals surface area contributed by atoms with E-state index in [9.17, 15) is 8.42 Å². The fourth-order valence-corrected chi connectivity index (χ4v) is 3.91. The Bertz CT molecular complexity index is 482. The van der Waals surface area contributed by atoms with Crippen LogP contribution in [0.2, 0.25) is 0 Å². The van der Waals surface area contributed by atoms with Crippen LogP contribution >= 0.6 is 0 Å². The maximum absolute atomic E-state index is 12.1. The number of nitrogens with two attached hydrogens (primary N) is 1. The predicted octanol–water partition coefficient (Wildman–Crippen LogP) is 1.12. The Morgan fingerprint density at radius 2 is 2.00 bits per heavy atom. The quantitative estimate of drug-likeness (QED) is 0.879. The summed E-state index contributed by atoms with van der Waals surface area (Å²) < 4.78 is 25.7. The van der Waals surface area contributed by atoms with Gasteiger partial charge < -0.3 is 5.73 Å². The maximum Gasteiger partial charge on any atom is 0.239 e. The van der Waals surface area contributed by atoms with Crippen molar-refractivity contribution < 1.29 is 8.42 Å². The molecule has 1 heterocycles. The summed E-state index contributed by atoms with van der Waals surface area (Å²) in [4.78, 5) is 0. The van der Waals surface area contributed by atoms with E-state index in [0.29, 0.717) is 13.0 Å². The zero-order valence-electron chi connectivity index (χ0n) is 9.96. The normalized spacial score (nSPS) is 22.9. The minimum atomic E-state index is -3.24. The van der Waals surface area contributed by atoms with Gasteiger partial charge in [-0.05, 0) is 30.5 Å². The van der Waals surface area contributed by atoms with Crippen molar-refractivity contribution in [2.75, 3.05) is 17.4 Å². The average Bonchev–Trinajstić information content (AvgIpc) is 2.64. The molecule has 0 amide bonds. The highest BCUT2D eigenvalue weighted by Gasteiger charge is 2.37. The number of anilines is 1. The van der Waals surface area contributed by atoms with Crippen LogP contribution in [0, 0.1) is 0 Å². The maximum atomic E-state index is 12.1. The highest BCUT2D eigenvalue weighted by Crippen LogP contribution is 2.28. The Labute approximate surface area is 102 Å².